The zero-order valence-corrected chi connectivity index (χ0v) is 12.4. The molecule has 1 unspecified atom stereocenters. The lowest BCUT2D eigenvalue weighted by Crippen LogP contribution is -2.12. The summed E-state index contributed by atoms with van der Waals surface area (Å²) in [6.07, 6.45) is -0.639. The van der Waals surface area contributed by atoms with Crippen LogP contribution in [0.5, 0.6) is 11.5 Å². The lowest BCUT2D eigenvalue weighted by molar-refractivity contribution is 0.173. The Labute approximate surface area is 128 Å². The molecule has 1 atom stereocenters. The van der Waals surface area contributed by atoms with Crippen LogP contribution in [0, 0.1) is 6.92 Å². The van der Waals surface area contributed by atoms with E-state index >= 15 is 0 Å². The van der Waals surface area contributed by atoms with E-state index < -0.39 is 6.10 Å². The Bertz CT molecular complexity index is 660. The first kappa shape index (κ1) is 14.0. The van der Waals surface area contributed by atoms with E-state index in [-0.39, 0.29) is 6.79 Å². The molecular formula is C16H16ClNO3. The minimum atomic E-state index is -0.639. The molecule has 1 heterocycles. The average molecular weight is 306 g/mol. The summed E-state index contributed by atoms with van der Waals surface area (Å²) in [6, 6.07) is 11.2. The van der Waals surface area contributed by atoms with Gasteiger partial charge in [-0.25, -0.2) is 0 Å². The van der Waals surface area contributed by atoms with E-state index in [1.165, 1.54) is 0 Å². The minimum Gasteiger partial charge on any atom is -0.454 e. The van der Waals surface area contributed by atoms with Gasteiger partial charge in [0.1, 0.15) is 0 Å². The van der Waals surface area contributed by atoms with Crippen molar-refractivity contribution in [1.82, 2.24) is 0 Å². The SMILES string of the molecule is Cc1ccc(NCC(O)c2ccc3c(c2)OCO3)cc1Cl. The van der Waals surface area contributed by atoms with Crippen molar-refractivity contribution in [1.29, 1.82) is 0 Å². The Morgan fingerprint density at radius 3 is 2.81 bits per heavy atom. The summed E-state index contributed by atoms with van der Waals surface area (Å²) in [5.74, 6) is 1.38. The number of hydrogen-bond acceptors (Lipinski definition) is 4. The van der Waals surface area contributed by atoms with Crippen LogP contribution in [0.1, 0.15) is 17.2 Å². The molecule has 21 heavy (non-hydrogen) atoms. The second-order valence-electron chi connectivity index (χ2n) is 4.97. The van der Waals surface area contributed by atoms with Crippen molar-refractivity contribution >= 4 is 17.3 Å². The Hall–Kier alpha value is -1.91. The smallest absolute Gasteiger partial charge is 0.231 e. The number of aliphatic hydroxyl groups excluding tert-OH is 1. The van der Waals surface area contributed by atoms with E-state index in [0.717, 1.165) is 16.8 Å². The van der Waals surface area contributed by atoms with E-state index in [1.54, 1.807) is 6.07 Å². The maximum atomic E-state index is 10.2. The predicted molar refractivity (Wildman–Crippen MR) is 82.2 cm³/mol. The lowest BCUT2D eigenvalue weighted by atomic mass is 10.1. The molecule has 1 aliphatic heterocycles. The Morgan fingerprint density at radius 2 is 2.00 bits per heavy atom. The van der Waals surface area contributed by atoms with Crippen LogP contribution in [0.25, 0.3) is 0 Å². The van der Waals surface area contributed by atoms with Crippen molar-refractivity contribution < 1.29 is 14.6 Å². The highest BCUT2D eigenvalue weighted by Crippen LogP contribution is 2.34. The number of aliphatic hydroxyl groups is 1. The third-order valence-corrected chi connectivity index (χ3v) is 3.86. The molecular weight excluding hydrogens is 290 g/mol. The molecule has 1 aliphatic rings. The van der Waals surface area contributed by atoms with Gasteiger partial charge in [-0.15, -0.1) is 0 Å². The van der Waals surface area contributed by atoms with Gasteiger partial charge in [-0.1, -0.05) is 23.7 Å². The van der Waals surface area contributed by atoms with Crippen molar-refractivity contribution in [3.63, 3.8) is 0 Å². The highest BCUT2D eigenvalue weighted by Gasteiger charge is 2.16. The fraction of sp³-hybridized carbons (Fsp3) is 0.250. The molecule has 110 valence electrons. The van der Waals surface area contributed by atoms with Crippen LogP contribution in [0.2, 0.25) is 5.02 Å². The molecule has 2 N–H and O–H groups in total. The second kappa shape index (κ2) is 5.84. The zero-order valence-electron chi connectivity index (χ0n) is 11.6. The number of anilines is 1. The molecule has 0 radical (unpaired) electrons. The maximum Gasteiger partial charge on any atom is 0.231 e. The molecule has 0 aliphatic carbocycles. The molecule has 0 spiro atoms. The fourth-order valence-corrected chi connectivity index (χ4v) is 2.34. The fourth-order valence-electron chi connectivity index (χ4n) is 2.16. The van der Waals surface area contributed by atoms with Gasteiger partial charge in [-0.2, -0.15) is 0 Å². The number of fused-ring (bicyclic) bond motifs is 1. The lowest BCUT2D eigenvalue weighted by Gasteiger charge is -2.14. The summed E-state index contributed by atoms with van der Waals surface area (Å²) in [5, 5.41) is 14.1. The van der Waals surface area contributed by atoms with E-state index in [4.69, 9.17) is 21.1 Å². The van der Waals surface area contributed by atoms with Crippen LogP contribution in [0.15, 0.2) is 36.4 Å². The van der Waals surface area contributed by atoms with Crippen LogP contribution in [0.4, 0.5) is 5.69 Å². The summed E-state index contributed by atoms with van der Waals surface area (Å²) in [6.45, 7) is 2.57. The van der Waals surface area contributed by atoms with Gasteiger partial charge >= 0.3 is 0 Å². The number of ether oxygens (including phenoxy) is 2. The van der Waals surface area contributed by atoms with Crippen molar-refractivity contribution in [3.05, 3.63) is 52.5 Å². The Kier molecular flexibility index (Phi) is 3.90. The van der Waals surface area contributed by atoms with E-state index in [2.05, 4.69) is 5.32 Å². The number of benzene rings is 2. The molecule has 0 amide bonds. The Balaban J connectivity index is 1.66. The zero-order chi connectivity index (χ0) is 14.8. The second-order valence-corrected chi connectivity index (χ2v) is 5.38. The topological polar surface area (TPSA) is 50.7 Å². The van der Waals surface area contributed by atoms with Gasteiger partial charge in [-0.3, -0.25) is 0 Å². The molecule has 2 aromatic rings. The van der Waals surface area contributed by atoms with Gasteiger partial charge in [0, 0.05) is 17.3 Å². The normalized spacial score (nSPS) is 14.0. The average Bonchev–Trinajstić information content (AvgIpc) is 2.95. The van der Waals surface area contributed by atoms with Crippen molar-refractivity contribution in [2.24, 2.45) is 0 Å². The molecule has 4 nitrogen and oxygen atoms in total. The number of hydrogen-bond donors (Lipinski definition) is 2. The molecule has 0 saturated carbocycles. The van der Waals surface area contributed by atoms with Crippen LogP contribution in [-0.2, 0) is 0 Å². The molecule has 0 bridgehead atoms. The highest BCUT2D eigenvalue weighted by molar-refractivity contribution is 6.31. The number of halogens is 1. The quantitative estimate of drug-likeness (QED) is 0.907. The van der Waals surface area contributed by atoms with Crippen molar-refractivity contribution in [3.8, 4) is 11.5 Å². The number of aryl methyl sites for hydroxylation is 1. The standard InChI is InChI=1S/C16H16ClNO3/c1-10-2-4-12(7-13(10)17)18-8-14(19)11-3-5-15-16(6-11)21-9-20-15/h2-7,14,18-19H,8-9H2,1H3. The molecule has 5 heteroatoms. The third-order valence-electron chi connectivity index (χ3n) is 3.45. The van der Waals surface area contributed by atoms with Crippen molar-refractivity contribution in [2.45, 2.75) is 13.0 Å². The van der Waals surface area contributed by atoms with Crippen LogP contribution in [-0.4, -0.2) is 18.4 Å². The largest absolute Gasteiger partial charge is 0.454 e. The first-order valence-corrected chi connectivity index (χ1v) is 7.09. The molecule has 0 saturated heterocycles. The number of rotatable bonds is 4. The van der Waals surface area contributed by atoms with E-state index in [9.17, 15) is 5.11 Å². The van der Waals surface area contributed by atoms with Gasteiger partial charge < -0.3 is 19.9 Å². The highest BCUT2D eigenvalue weighted by atomic mass is 35.5. The minimum absolute atomic E-state index is 0.231. The first-order valence-electron chi connectivity index (χ1n) is 6.71. The van der Waals surface area contributed by atoms with Crippen molar-refractivity contribution in [2.75, 3.05) is 18.7 Å². The summed E-state index contributed by atoms with van der Waals surface area (Å²) < 4.78 is 10.6. The van der Waals surface area contributed by atoms with Crippen LogP contribution in [0.3, 0.4) is 0 Å². The predicted octanol–water partition coefficient (Wildman–Crippen LogP) is 3.52. The monoisotopic (exact) mass is 305 g/mol. The molecule has 3 rings (SSSR count). The van der Waals surface area contributed by atoms with E-state index in [1.807, 2.05) is 37.3 Å². The summed E-state index contributed by atoms with van der Waals surface area (Å²) in [5.41, 5.74) is 2.69. The summed E-state index contributed by atoms with van der Waals surface area (Å²) in [4.78, 5) is 0. The summed E-state index contributed by atoms with van der Waals surface area (Å²) >= 11 is 6.08. The maximum absolute atomic E-state index is 10.2. The summed E-state index contributed by atoms with van der Waals surface area (Å²) in [7, 11) is 0. The Morgan fingerprint density at radius 1 is 1.19 bits per heavy atom. The van der Waals surface area contributed by atoms with Gasteiger partial charge in [-0.05, 0) is 42.3 Å². The van der Waals surface area contributed by atoms with Gasteiger partial charge in [0.15, 0.2) is 11.5 Å². The third kappa shape index (κ3) is 3.06. The number of nitrogens with one attached hydrogen (secondary N) is 1. The van der Waals surface area contributed by atoms with Gasteiger partial charge in [0.2, 0.25) is 6.79 Å². The first-order chi connectivity index (χ1) is 10.1. The van der Waals surface area contributed by atoms with Crippen LogP contribution < -0.4 is 14.8 Å². The molecule has 0 aromatic heterocycles. The van der Waals surface area contributed by atoms with E-state index in [0.29, 0.717) is 23.1 Å². The molecule has 2 aromatic carbocycles. The van der Waals surface area contributed by atoms with Gasteiger partial charge in [0.25, 0.3) is 0 Å². The van der Waals surface area contributed by atoms with Crippen LogP contribution >= 0.6 is 11.6 Å². The molecule has 0 fully saturated rings. The van der Waals surface area contributed by atoms with Gasteiger partial charge in [0.05, 0.1) is 6.10 Å².